The molecule has 0 saturated carbocycles. The number of hydrogen-bond acceptors (Lipinski definition) is 2. The Hall–Kier alpha value is -1.57. The van der Waals surface area contributed by atoms with Crippen molar-refractivity contribution in [2.75, 3.05) is 0 Å². The molecule has 0 radical (unpaired) electrons. The van der Waals surface area contributed by atoms with Gasteiger partial charge in [0.2, 0.25) is 0 Å². The smallest absolute Gasteiger partial charge is 0.106 e. The van der Waals surface area contributed by atoms with Crippen LogP contribution < -0.4 is 0 Å². The fourth-order valence-electron chi connectivity index (χ4n) is 1.50. The molecular weight excluding hydrogens is 174 g/mol. The summed E-state index contributed by atoms with van der Waals surface area (Å²) >= 11 is 0. The second-order valence-corrected chi connectivity index (χ2v) is 3.44. The molecule has 2 aromatic rings. The Balaban J connectivity index is 2.06. The van der Waals surface area contributed by atoms with Crippen molar-refractivity contribution in [3.05, 3.63) is 54.2 Å². The molecule has 0 aliphatic heterocycles. The maximum atomic E-state index is 5.34. The highest BCUT2D eigenvalue weighted by molar-refractivity contribution is 5.11. The molecule has 1 unspecified atom stereocenters. The summed E-state index contributed by atoms with van der Waals surface area (Å²) < 4.78 is 5.34. The molecule has 0 amide bonds. The van der Waals surface area contributed by atoms with E-state index in [0.717, 1.165) is 17.9 Å². The maximum Gasteiger partial charge on any atom is 0.106 e. The second-order valence-electron chi connectivity index (χ2n) is 3.44. The van der Waals surface area contributed by atoms with Crippen LogP contribution >= 0.6 is 0 Å². The predicted molar refractivity (Wildman–Crippen MR) is 55.1 cm³/mol. The average Bonchev–Trinajstić information content (AvgIpc) is 2.72. The highest BCUT2D eigenvalue weighted by Gasteiger charge is 2.09. The monoisotopic (exact) mass is 187 g/mol. The van der Waals surface area contributed by atoms with E-state index in [0.29, 0.717) is 5.92 Å². The zero-order chi connectivity index (χ0) is 9.80. The fraction of sp³-hybridized carbons (Fsp3) is 0.250. The molecule has 2 nitrogen and oxygen atoms in total. The molecule has 1 atom stereocenters. The van der Waals surface area contributed by atoms with Crippen LogP contribution in [0.5, 0.6) is 0 Å². The summed E-state index contributed by atoms with van der Waals surface area (Å²) in [4.78, 5) is 4.29. The Kier molecular flexibility index (Phi) is 2.63. The third kappa shape index (κ3) is 2.02. The van der Waals surface area contributed by atoms with Gasteiger partial charge in [0.25, 0.3) is 0 Å². The van der Waals surface area contributed by atoms with Crippen molar-refractivity contribution in [3.63, 3.8) is 0 Å². The van der Waals surface area contributed by atoms with Gasteiger partial charge in [-0.05, 0) is 30.7 Å². The SMILES string of the molecule is CC(Cc1ccccn1)c1ccco1. The summed E-state index contributed by atoms with van der Waals surface area (Å²) in [6.07, 6.45) is 4.46. The van der Waals surface area contributed by atoms with Gasteiger partial charge in [0.05, 0.1) is 6.26 Å². The summed E-state index contributed by atoms with van der Waals surface area (Å²) in [5.74, 6) is 1.41. The van der Waals surface area contributed by atoms with Crippen molar-refractivity contribution in [1.82, 2.24) is 4.98 Å². The first-order chi connectivity index (χ1) is 6.86. The lowest BCUT2D eigenvalue weighted by atomic mass is 10.0. The first kappa shape index (κ1) is 9.00. The van der Waals surface area contributed by atoms with E-state index in [1.807, 2.05) is 36.5 Å². The lowest BCUT2D eigenvalue weighted by Gasteiger charge is -2.06. The Labute approximate surface area is 83.6 Å². The second kappa shape index (κ2) is 4.09. The van der Waals surface area contributed by atoms with Crippen LogP contribution in [0, 0.1) is 0 Å². The van der Waals surface area contributed by atoms with Crippen molar-refractivity contribution in [2.45, 2.75) is 19.3 Å². The number of nitrogens with zero attached hydrogens (tertiary/aromatic N) is 1. The molecule has 2 heterocycles. The van der Waals surface area contributed by atoms with Gasteiger partial charge in [-0.1, -0.05) is 13.0 Å². The third-order valence-corrected chi connectivity index (χ3v) is 2.27. The molecule has 2 rings (SSSR count). The Morgan fingerprint density at radius 3 is 2.86 bits per heavy atom. The van der Waals surface area contributed by atoms with Crippen LogP contribution in [0.1, 0.15) is 24.3 Å². The maximum absolute atomic E-state index is 5.34. The summed E-state index contributed by atoms with van der Waals surface area (Å²) in [5, 5.41) is 0. The highest BCUT2D eigenvalue weighted by Crippen LogP contribution is 2.19. The van der Waals surface area contributed by atoms with Gasteiger partial charge < -0.3 is 4.42 Å². The van der Waals surface area contributed by atoms with Crippen LogP contribution in [-0.4, -0.2) is 4.98 Å². The van der Waals surface area contributed by atoms with E-state index in [1.165, 1.54) is 0 Å². The van der Waals surface area contributed by atoms with Gasteiger partial charge in [0.1, 0.15) is 5.76 Å². The van der Waals surface area contributed by atoms with E-state index in [-0.39, 0.29) is 0 Å². The number of pyridine rings is 1. The van der Waals surface area contributed by atoms with Crippen LogP contribution in [-0.2, 0) is 6.42 Å². The predicted octanol–water partition coefficient (Wildman–Crippen LogP) is 3.02. The van der Waals surface area contributed by atoms with Crippen LogP contribution in [0.2, 0.25) is 0 Å². The minimum absolute atomic E-state index is 0.389. The minimum atomic E-state index is 0.389. The molecule has 0 saturated heterocycles. The van der Waals surface area contributed by atoms with E-state index in [2.05, 4.69) is 11.9 Å². The lowest BCUT2D eigenvalue weighted by Crippen LogP contribution is -1.98. The molecule has 0 bridgehead atoms. The van der Waals surface area contributed by atoms with Gasteiger partial charge in [-0.25, -0.2) is 0 Å². The van der Waals surface area contributed by atoms with Gasteiger partial charge in [-0.15, -0.1) is 0 Å². The number of aromatic nitrogens is 1. The van der Waals surface area contributed by atoms with Crippen LogP contribution in [0.15, 0.2) is 47.2 Å². The molecule has 0 fully saturated rings. The van der Waals surface area contributed by atoms with E-state index in [1.54, 1.807) is 6.26 Å². The number of rotatable bonds is 3. The Morgan fingerprint density at radius 1 is 1.29 bits per heavy atom. The fourth-order valence-corrected chi connectivity index (χ4v) is 1.50. The summed E-state index contributed by atoms with van der Waals surface area (Å²) in [6.45, 7) is 2.15. The van der Waals surface area contributed by atoms with Crippen molar-refractivity contribution in [1.29, 1.82) is 0 Å². The van der Waals surface area contributed by atoms with Gasteiger partial charge in [-0.2, -0.15) is 0 Å². The van der Waals surface area contributed by atoms with Gasteiger partial charge in [-0.3, -0.25) is 4.98 Å². The van der Waals surface area contributed by atoms with Crippen molar-refractivity contribution in [3.8, 4) is 0 Å². The van der Waals surface area contributed by atoms with Crippen LogP contribution in [0.4, 0.5) is 0 Å². The largest absolute Gasteiger partial charge is 0.469 e. The van der Waals surface area contributed by atoms with E-state index >= 15 is 0 Å². The van der Waals surface area contributed by atoms with Gasteiger partial charge in [0, 0.05) is 17.8 Å². The highest BCUT2D eigenvalue weighted by atomic mass is 16.3. The van der Waals surface area contributed by atoms with E-state index < -0.39 is 0 Å². The van der Waals surface area contributed by atoms with Crippen molar-refractivity contribution in [2.24, 2.45) is 0 Å². The quantitative estimate of drug-likeness (QED) is 0.738. The molecule has 2 heteroatoms. The summed E-state index contributed by atoms with van der Waals surface area (Å²) in [7, 11) is 0. The van der Waals surface area contributed by atoms with Gasteiger partial charge >= 0.3 is 0 Å². The zero-order valence-electron chi connectivity index (χ0n) is 8.18. The Bertz CT molecular complexity index is 366. The standard InChI is InChI=1S/C12H13NO/c1-10(12-6-4-8-14-12)9-11-5-2-3-7-13-11/h2-8,10H,9H2,1H3. The topological polar surface area (TPSA) is 26.0 Å². The van der Waals surface area contributed by atoms with Gasteiger partial charge in [0.15, 0.2) is 0 Å². The molecule has 0 aromatic carbocycles. The molecule has 0 aliphatic carbocycles. The molecule has 0 aliphatic rings. The molecule has 14 heavy (non-hydrogen) atoms. The molecular formula is C12H13NO. The molecule has 2 aromatic heterocycles. The normalized spacial score (nSPS) is 12.6. The van der Waals surface area contributed by atoms with E-state index in [9.17, 15) is 0 Å². The number of hydrogen-bond donors (Lipinski definition) is 0. The summed E-state index contributed by atoms with van der Waals surface area (Å²) in [6, 6.07) is 9.91. The third-order valence-electron chi connectivity index (χ3n) is 2.27. The molecule has 0 spiro atoms. The van der Waals surface area contributed by atoms with Crippen molar-refractivity contribution < 1.29 is 4.42 Å². The van der Waals surface area contributed by atoms with Crippen molar-refractivity contribution >= 4 is 0 Å². The summed E-state index contributed by atoms with van der Waals surface area (Å²) in [5.41, 5.74) is 1.11. The Morgan fingerprint density at radius 2 is 2.21 bits per heavy atom. The van der Waals surface area contributed by atoms with E-state index in [4.69, 9.17) is 4.42 Å². The molecule has 72 valence electrons. The first-order valence-electron chi connectivity index (χ1n) is 4.79. The van der Waals surface area contributed by atoms with Crippen LogP contribution in [0.25, 0.3) is 0 Å². The lowest BCUT2D eigenvalue weighted by molar-refractivity contribution is 0.471. The zero-order valence-corrected chi connectivity index (χ0v) is 8.18. The minimum Gasteiger partial charge on any atom is -0.469 e. The number of furan rings is 1. The average molecular weight is 187 g/mol. The van der Waals surface area contributed by atoms with Crippen LogP contribution in [0.3, 0.4) is 0 Å². The molecule has 0 N–H and O–H groups in total. The first-order valence-corrected chi connectivity index (χ1v) is 4.79.